The lowest BCUT2D eigenvalue weighted by atomic mass is 10.2. The molecule has 3 rings (SSSR count). The van der Waals surface area contributed by atoms with Crippen LogP contribution in [0.15, 0.2) is 53.5 Å². The van der Waals surface area contributed by atoms with E-state index in [9.17, 15) is 4.79 Å². The molecule has 0 bridgehead atoms. The van der Waals surface area contributed by atoms with Gasteiger partial charge >= 0.3 is 0 Å². The maximum atomic E-state index is 12.1. The Morgan fingerprint density at radius 2 is 2.09 bits per heavy atom. The van der Waals surface area contributed by atoms with Crippen molar-refractivity contribution in [2.45, 2.75) is 18.4 Å². The number of pyridine rings is 1. The van der Waals surface area contributed by atoms with Gasteiger partial charge in [0, 0.05) is 23.8 Å². The number of nitrogens with zero attached hydrogens (tertiary/aromatic N) is 3. The number of benzene rings is 1. The number of aryl methyl sites for hydroxylation is 1. The van der Waals surface area contributed by atoms with Gasteiger partial charge in [-0.25, -0.2) is 4.98 Å². The lowest BCUT2D eigenvalue weighted by Crippen LogP contribution is -2.15. The van der Waals surface area contributed by atoms with Gasteiger partial charge in [0.1, 0.15) is 5.65 Å². The summed E-state index contributed by atoms with van der Waals surface area (Å²) >= 11 is 1.68. The average Bonchev–Trinajstić information content (AvgIpc) is 2.56. The summed E-state index contributed by atoms with van der Waals surface area (Å²) in [5.41, 5.74) is 4.19. The molecular formula is C18H15N3OS. The fourth-order valence-electron chi connectivity index (χ4n) is 2.34. The molecule has 0 spiro atoms. The second-order valence-electron chi connectivity index (χ2n) is 5.33. The van der Waals surface area contributed by atoms with Gasteiger partial charge in [0.15, 0.2) is 0 Å². The molecule has 5 heteroatoms. The summed E-state index contributed by atoms with van der Waals surface area (Å²) in [4.78, 5) is 16.7. The zero-order chi connectivity index (χ0) is 16.2. The van der Waals surface area contributed by atoms with Crippen LogP contribution in [0.5, 0.6) is 0 Å². The van der Waals surface area contributed by atoms with Gasteiger partial charge in [-0.1, -0.05) is 18.2 Å². The molecule has 2 heterocycles. The number of hydrogen-bond acceptors (Lipinski definition) is 4. The third-order valence-corrected chi connectivity index (χ3v) is 4.47. The number of aromatic nitrogens is 2. The largest absolute Gasteiger partial charge is 0.269 e. The predicted molar refractivity (Wildman–Crippen MR) is 92.4 cm³/mol. The summed E-state index contributed by atoms with van der Waals surface area (Å²) in [7, 11) is 0. The fraction of sp³-hybridized carbons (Fsp3) is 0.167. The molecule has 0 fully saturated rings. The van der Waals surface area contributed by atoms with E-state index in [0.717, 1.165) is 22.6 Å². The van der Waals surface area contributed by atoms with Crippen molar-refractivity contribution >= 4 is 17.4 Å². The molecule has 23 heavy (non-hydrogen) atoms. The molecule has 3 aromatic rings. The Labute approximate surface area is 138 Å². The summed E-state index contributed by atoms with van der Waals surface area (Å²) in [6, 6.07) is 15.1. The highest BCUT2D eigenvalue weighted by atomic mass is 32.2. The molecule has 0 unspecified atom stereocenters. The average molecular weight is 321 g/mol. The van der Waals surface area contributed by atoms with E-state index in [0.29, 0.717) is 17.0 Å². The number of thioether (sulfide) groups is 1. The molecule has 0 saturated heterocycles. The summed E-state index contributed by atoms with van der Waals surface area (Å²) in [5, 5.41) is 8.91. The molecule has 0 aliphatic rings. The quantitative estimate of drug-likeness (QED) is 0.740. The Kier molecular flexibility index (Phi) is 4.45. The molecule has 0 saturated carbocycles. The smallest absolute Gasteiger partial charge is 0.258 e. The molecule has 0 aliphatic heterocycles. The van der Waals surface area contributed by atoms with Crippen LogP contribution in [0.3, 0.4) is 0 Å². The molecular weight excluding hydrogens is 306 g/mol. The Hall–Kier alpha value is -2.58. The van der Waals surface area contributed by atoms with Crippen LogP contribution in [0.2, 0.25) is 0 Å². The zero-order valence-corrected chi connectivity index (χ0v) is 13.5. The van der Waals surface area contributed by atoms with Gasteiger partial charge in [-0.05, 0) is 36.2 Å². The van der Waals surface area contributed by atoms with E-state index in [-0.39, 0.29) is 5.56 Å². The molecule has 4 nitrogen and oxygen atoms in total. The van der Waals surface area contributed by atoms with E-state index in [2.05, 4.69) is 11.1 Å². The van der Waals surface area contributed by atoms with Crippen molar-refractivity contribution in [3.05, 3.63) is 81.4 Å². The Balaban J connectivity index is 1.73. The molecule has 0 N–H and O–H groups in total. The first-order valence-corrected chi connectivity index (χ1v) is 8.37. The first-order chi connectivity index (χ1) is 11.2. The fourth-order valence-corrected chi connectivity index (χ4v) is 3.21. The van der Waals surface area contributed by atoms with Crippen LogP contribution in [-0.2, 0) is 11.5 Å². The van der Waals surface area contributed by atoms with Crippen molar-refractivity contribution in [3.63, 3.8) is 0 Å². The third-order valence-electron chi connectivity index (χ3n) is 3.44. The van der Waals surface area contributed by atoms with Crippen molar-refractivity contribution in [1.82, 2.24) is 9.38 Å². The van der Waals surface area contributed by atoms with Crippen LogP contribution in [-0.4, -0.2) is 9.38 Å². The van der Waals surface area contributed by atoms with Gasteiger partial charge in [-0.15, -0.1) is 0 Å². The summed E-state index contributed by atoms with van der Waals surface area (Å²) in [5.74, 6) is 1.45. The number of fused-ring (bicyclic) bond motifs is 1. The minimum Gasteiger partial charge on any atom is -0.269 e. The standard InChI is InChI=1S/C18H15N3OS/c1-13-5-6-17-20-16(8-18(22)21(17)10-13)12-23-11-15-4-2-3-14(7-15)9-19/h2-8,10H,11-12H2,1H3. The van der Waals surface area contributed by atoms with Crippen molar-refractivity contribution in [1.29, 1.82) is 5.26 Å². The monoisotopic (exact) mass is 321 g/mol. The normalized spacial score (nSPS) is 10.6. The van der Waals surface area contributed by atoms with E-state index < -0.39 is 0 Å². The SMILES string of the molecule is Cc1ccc2nc(CSCc3cccc(C#N)c3)cc(=O)n2c1. The topological polar surface area (TPSA) is 58.2 Å². The Bertz CT molecular complexity index is 956. The van der Waals surface area contributed by atoms with Gasteiger partial charge in [-0.3, -0.25) is 9.20 Å². The van der Waals surface area contributed by atoms with Crippen molar-refractivity contribution in [2.24, 2.45) is 0 Å². The van der Waals surface area contributed by atoms with Crippen LogP contribution in [0, 0.1) is 18.3 Å². The van der Waals surface area contributed by atoms with E-state index >= 15 is 0 Å². The van der Waals surface area contributed by atoms with E-state index in [4.69, 9.17) is 5.26 Å². The minimum atomic E-state index is -0.0548. The molecule has 0 amide bonds. The maximum absolute atomic E-state index is 12.1. The number of rotatable bonds is 4. The van der Waals surface area contributed by atoms with Crippen molar-refractivity contribution in [3.8, 4) is 6.07 Å². The summed E-state index contributed by atoms with van der Waals surface area (Å²) < 4.78 is 1.57. The predicted octanol–water partition coefficient (Wildman–Crippen LogP) is 3.31. The molecule has 0 radical (unpaired) electrons. The second kappa shape index (κ2) is 6.67. The van der Waals surface area contributed by atoms with Gasteiger partial charge in [-0.2, -0.15) is 17.0 Å². The van der Waals surface area contributed by atoms with Gasteiger partial charge < -0.3 is 0 Å². The second-order valence-corrected chi connectivity index (χ2v) is 6.31. The van der Waals surface area contributed by atoms with Gasteiger partial charge in [0.2, 0.25) is 0 Å². The molecule has 114 valence electrons. The summed E-state index contributed by atoms with van der Waals surface area (Å²) in [6.45, 7) is 1.95. The highest BCUT2D eigenvalue weighted by molar-refractivity contribution is 7.97. The molecule has 2 aromatic heterocycles. The van der Waals surface area contributed by atoms with E-state index in [1.165, 1.54) is 0 Å². The minimum absolute atomic E-state index is 0.0548. The molecule has 1 aromatic carbocycles. The maximum Gasteiger partial charge on any atom is 0.258 e. The number of nitriles is 1. The first kappa shape index (κ1) is 15.3. The Morgan fingerprint density at radius 3 is 2.91 bits per heavy atom. The van der Waals surface area contributed by atoms with Crippen LogP contribution in [0.1, 0.15) is 22.4 Å². The molecule has 0 aliphatic carbocycles. The third kappa shape index (κ3) is 3.61. The molecule has 0 atom stereocenters. The lowest BCUT2D eigenvalue weighted by Gasteiger charge is -2.05. The first-order valence-electron chi connectivity index (χ1n) is 7.21. The lowest BCUT2D eigenvalue weighted by molar-refractivity contribution is 1.00. The Morgan fingerprint density at radius 1 is 1.22 bits per heavy atom. The summed E-state index contributed by atoms with van der Waals surface area (Å²) in [6.07, 6.45) is 1.80. The zero-order valence-electron chi connectivity index (χ0n) is 12.7. The van der Waals surface area contributed by atoms with Crippen molar-refractivity contribution < 1.29 is 0 Å². The highest BCUT2D eigenvalue weighted by Crippen LogP contribution is 2.17. The number of hydrogen-bond donors (Lipinski definition) is 0. The van der Waals surface area contributed by atoms with Crippen LogP contribution < -0.4 is 5.56 Å². The van der Waals surface area contributed by atoms with Gasteiger partial charge in [0.25, 0.3) is 5.56 Å². The van der Waals surface area contributed by atoms with Gasteiger partial charge in [0.05, 0.1) is 17.3 Å². The van der Waals surface area contributed by atoms with Crippen LogP contribution >= 0.6 is 11.8 Å². The van der Waals surface area contributed by atoms with E-state index in [1.807, 2.05) is 37.3 Å². The van der Waals surface area contributed by atoms with Crippen LogP contribution in [0.4, 0.5) is 0 Å². The van der Waals surface area contributed by atoms with Crippen LogP contribution in [0.25, 0.3) is 5.65 Å². The highest BCUT2D eigenvalue weighted by Gasteiger charge is 2.03. The van der Waals surface area contributed by atoms with Crippen molar-refractivity contribution in [2.75, 3.05) is 0 Å². The van der Waals surface area contributed by atoms with E-state index in [1.54, 1.807) is 34.5 Å².